The Morgan fingerprint density at radius 2 is 1.60 bits per heavy atom. The molecular weight excluding hydrogens is 322 g/mol. The van der Waals surface area contributed by atoms with E-state index in [9.17, 15) is 14.4 Å². The minimum Gasteiger partial charge on any atom is -0.408 e. The van der Waals surface area contributed by atoms with Crippen LogP contribution in [0.5, 0.6) is 0 Å². The number of imide groups is 1. The van der Waals surface area contributed by atoms with E-state index in [0.29, 0.717) is 16.8 Å². The number of hydrogen-bond donors (Lipinski definition) is 0. The van der Waals surface area contributed by atoms with Crippen LogP contribution >= 0.6 is 0 Å². The van der Waals surface area contributed by atoms with Gasteiger partial charge >= 0.3 is 11.8 Å². The molecule has 25 heavy (non-hydrogen) atoms. The summed E-state index contributed by atoms with van der Waals surface area (Å²) in [5, 5.41) is 0. The molecule has 0 aliphatic carbocycles. The molecule has 7 nitrogen and oxygen atoms in total. The van der Waals surface area contributed by atoms with Gasteiger partial charge in [0.15, 0.2) is 5.58 Å². The average Bonchev–Trinajstić information content (AvgIpc) is 3.10. The second-order valence-corrected chi connectivity index (χ2v) is 5.74. The fourth-order valence-electron chi connectivity index (χ4n) is 3.00. The lowest BCUT2D eigenvalue weighted by molar-refractivity contribution is -0.124. The Bertz CT molecular complexity index is 1010. The predicted molar refractivity (Wildman–Crippen MR) is 91.4 cm³/mol. The molecule has 4 rings (SSSR count). The molecule has 126 valence electrons. The number of rotatable bonds is 4. The quantitative estimate of drug-likeness (QED) is 0.683. The van der Waals surface area contributed by atoms with Crippen molar-refractivity contribution in [3.8, 4) is 0 Å². The molecule has 1 fully saturated rings. The summed E-state index contributed by atoms with van der Waals surface area (Å²) >= 11 is 0. The first-order valence-corrected chi connectivity index (χ1v) is 7.90. The third kappa shape index (κ3) is 2.59. The van der Waals surface area contributed by atoms with Crippen LogP contribution in [-0.4, -0.2) is 34.5 Å². The summed E-state index contributed by atoms with van der Waals surface area (Å²) < 4.78 is 6.60. The summed E-state index contributed by atoms with van der Waals surface area (Å²) in [5.41, 5.74) is 1.80. The van der Waals surface area contributed by atoms with Gasteiger partial charge in [0, 0.05) is 18.8 Å². The number of urea groups is 1. The molecule has 0 bridgehead atoms. The van der Waals surface area contributed by atoms with Crippen LogP contribution in [0.2, 0.25) is 0 Å². The number of carbonyl (C=O) groups is 2. The molecule has 1 aliphatic rings. The van der Waals surface area contributed by atoms with Gasteiger partial charge in [0.25, 0.3) is 5.91 Å². The van der Waals surface area contributed by atoms with E-state index in [1.165, 1.54) is 14.4 Å². The molecule has 0 unspecified atom stereocenters. The Kier molecular flexibility index (Phi) is 3.61. The van der Waals surface area contributed by atoms with Crippen molar-refractivity contribution >= 4 is 28.7 Å². The van der Waals surface area contributed by atoms with Crippen LogP contribution in [0.3, 0.4) is 0 Å². The zero-order chi connectivity index (χ0) is 17.4. The molecule has 1 saturated heterocycles. The van der Waals surface area contributed by atoms with Gasteiger partial charge in [-0.1, -0.05) is 30.3 Å². The van der Waals surface area contributed by atoms with E-state index in [-0.39, 0.29) is 31.6 Å². The van der Waals surface area contributed by atoms with Crippen LogP contribution in [0.4, 0.5) is 10.5 Å². The zero-order valence-electron chi connectivity index (χ0n) is 13.3. The number of fused-ring (bicyclic) bond motifs is 1. The monoisotopic (exact) mass is 337 g/mol. The van der Waals surface area contributed by atoms with Gasteiger partial charge in [0.05, 0.1) is 5.52 Å². The first-order valence-electron chi connectivity index (χ1n) is 7.90. The Morgan fingerprint density at radius 3 is 2.40 bits per heavy atom. The molecule has 2 aromatic carbocycles. The first-order chi connectivity index (χ1) is 12.1. The smallest absolute Gasteiger partial charge is 0.408 e. The topological polar surface area (TPSA) is 75.8 Å². The second-order valence-electron chi connectivity index (χ2n) is 5.74. The third-order valence-electron chi connectivity index (χ3n) is 4.25. The molecule has 3 aromatic rings. The SMILES string of the molecule is O=C1CN(c2ccccc2)C(=O)N1CCn1c(=O)oc2ccccc21. The van der Waals surface area contributed by atoms with Crippen LogP contribution in [0.15, 0.2) is 63.8 Å². The molecule has 3 amide bonds. The number of oxazole rings is 1. The standard InChI is InChI=1S/C18H15N3O4/c22-16-12-21(13-6-2-1-3-7-13)17(23)20(16)11-10-19-14-8-4-5-9-15(14)25-18(19)24/h1-9H,10-12H2. The van der Waals surface area contributed by atoms with Crippen LogP contribution in [0, 0.1) is 0 Å². The van der Waals surface area contributed by atoms with Gasteiger partial charge in [-0.3, -0.25) is 19.2 Å². The van der Waals surface area contributed by atoms with Crippen molar-refractivity contribution in [1.29, 1.82) is 0 Å². The van der Waals surface area contributed by atoms with Crippen molar-refractivity contribution in [2.24, 2.45) is 0 Å². The summed E-state index contributed by atoms with van der Waals surface area (Å²) in [6.07, 6.45) is 0. The van der Waals surface area contributed by atoms with Crippen molar-refractivity contribution in [3.63, 3.8) is 0 Å². The van der Waals surface area contributed by atoms with E-state index in [0.717, 1.165) is 0 Å². The van der Waals surface area contributed by atoms with Gasteiger partial charge in [0.2, 0.25) is 0 Å². The lowest BCUT2D eigenvalue weighted by Gasteiger charge is -2.17. The largest absolute Gasteiger partial charge is 0.420 e. The summed E-state index contributed by atoms with van der Waals surface area (Å²) in [7, 11) is 0. The van der Waals surface area contributed by atoms with Gasteiger partial charge in [-0.05, 0) is 24.3 Å². The minimum atomic E-state index is -0.500. The molecule has 1 aliphatic heterocycles. The van der Waals surface area contributed by atoms with Crippen molar-refractivity contribution in [2.45, 2.75) is 6.54 Å². The number of nitrogens with zero attached hydrogens (tertiary/aromatic N) is 3. The molecule has 0 spiro atoms. The fraction of sp³-hybridized carbons (Fsp3) is 0.167. The van der Waals surface area contributed by atoms with E-state index >= 15 is 0 Å². The van der Waals surface area contributed by atoms with Crippen molar-refractivity contribution in [2.75, 3.05) is 18.0 Å². The molecule has 1 aromatic heterocycles. The second kappa shape index (κ2) is 5.94. The van der Waals surface area contributed by atoms with Crippen LogP contribution < -0.4 is 10.7 Å². The van der Waals surface area contributed by atoms with E-state index < -0.39 is 5.76 Å². The average molecular weight is 337 g/mol. The number of para-hydroxylation sites is 3. The maximum absolute atomic E-state index is 12.5. The van der Waals surface area contributed by atoms with Gasteiger partial charge in [0.1, 0.15) is 6.54 Å². The maximum atomic E-state index is 12.5. The van der Waals surface area contributed by atoms with E-state index in [2.05, 4.69) is 0 Å². The lowest BCUT2D eigenvalue weighted by Crippen LogP contribution is -2.36. The highest BCUT2D eigenvalue weighted by Crippen LogP contribution is 2.20. The van der Waals surface area contributed by atoms with E-state index in [1.54, 1.807) is 36.4 Å². The molecule has 0 radical (unpaired) electrons. The fourth-order valence-corrected chi connectivity index (χ4v) is 3.00. The molecule has 0 saturated carbocycles. The summed E-state index contributed by atoms with van der Waals surface area (Å²) in [6.45, 7) is 0.310. The zero-order valence-corrected chi connectivity index (χ0v) is 13.3. The predicted octanol–water partition coefficient (Wildman–Crippen LogP) is 2.06. The molecular formula is C18H15N3O4. The first kappa shape index (κ1) is 15.2. The van der Waals surface area contributed by atoms with Crippen LogP contribution in [0.1, 0.15) is 0 Å². The summed E-state index contributed by atoms with van der Waals surface area (Å²) in [5.74, 6) is -0.782. The number of aromatic nitrogens is 1. The molecule has 7 heteroatoms. The number of anilines is 1. The number of hydrogen-bond acceptors (Lipinski definition) is 4. The van der Waals surface area contributed by atoms with Gasteiger partial charge < -0.3 is 4.42 Å². The van der Waals surface area contributed by atoms with Crippen molar-refractivity contribution in [3.05, 3.63) is 65.1 Å². The van der Waals surface area contributed by atoms with Crippen LogP contribution in [-0.2, 0) is 11.3 Å². The Labute approximate surface area is 142 Å². The number of amides is 3. The maximum Gasteiger partial charge on any atom is 0.420 e. The molecule has 0 atom stereocenters. The Morgan fingerprint density at radius 1 is 0.880 bits per heavy atom. The van der Waals surface area contributed by atoms with Gasteiger partial charge in [-0.15, -0.1) is 0 Å². The number of carbonyl (C=O) groups excluding carboxylic acids is 2. The lowest BCUT2D eigenvalue weighted by atomic mass is 10.3. The van der Waals surface area contributed by atoms with Gasteiger partial charge in [-0.25, -0.2) is 9.59 Å². The van der Waals surface area contributed by atoms with Crippen LogP contribution in [0.25, 0.3) is 11.1 Å². The summed E-state index contributed by atoms with van der Waals surface area (Å²) in [6, 6.07) is 15.7. The Hall–Kier alpha value is -3.35. The molecule has 0 N–H and O–H groups in total. The molecule has 2 heterocycles. The number of benzene rings is 2. The normalized spacial score (nSPS) is 14.7. The highest BCUT2D eigenvalue weighted by molar-refractivity contribution is 6.12. The Balaban J connectivity index is 1.55. The summed E-state index contributed by atoms with van der Waals surface area (Å²) in [4.78, 5) is 39.4. The van der Waals surface area contributed by atoms with E-state index in [1.807, 2.05) is 18.2 Å². The highest BCUT2D eigenvalue weighted by Gasteiger charge is 2.36. The van der Waals surface area contributed by atoms with Crippen molar-refractivity contribution < 1.29 is 14.0 Å². The minimum absolute atomic E-state index is 0.00385. The van der Waals surface area contributed by atoms with Gasteiger partial charge in [-0.2, -0.15) is 0 Å². The highest BCUT2D eigenvalue weighted by atomic mass is 16.4. The van der Waals surface area contributed by atoms with Crippen molar-refractivity contribution in [1.82, 2.24) is 9.47 Å². The third-order valence-corrected chi connectivity index (χ3v) is 4.25. The van der Waals surface area contributed by atoms with E-state index in [4.69, 9.17) is 4.42 Å².